The van der Waals surface area contributed by atoms with Gasteiger partial charge >= 0.3 is 0 Å². The molecule has 0 aliphatic heterocycles. The number of alkyl halides is 1. The molecule has 11 heteroatoms. The summed E-state index contributed by atoms with van der Waals surface area (Å²) in [4.78, 5) is 37.9. The Bertz CT molecular complexity index is 1550. The fraction of sp³-hybridized carbons (Fsp3) is 0.160. The molecule has 3 aromatic rings. The van der Waals surface area contributed by atoms with Crippen molar-refractivity contribution in [3.8, 4) is 0 Å². The molecule has 5 N–H and O–H groups in total. The van der Waals surface area contributed by atoms with E-state index in [1.807, 2.05) is 0 Å². The summed E-state index contributed by atoms with van der Waals surface area (Å²) in [5, 5.41) is 5.46. The highest BCUT2D eigenvalue weighted by molar-refractivity contribution is 9.10. The summed E-state index contributed by atoms with van der Waals surface area (Å²) in [6.07, 6.45) is 0.508. The summed E-state index contributed by atoms with van der Waals surface area (Å²) < 4.78 is 34.3. The van der Waals surface area contributed by atoms with Crippen LogP contribution in [0, 0.1) is 6.92 Å². The molecule has 0 bridgehead atoms. The van der Waals surface area contributed by atoms with E-state index in [9.17, 15) is 27.4 Å². The van der Waals surface area contributed by atoms with Crippen LogP contribution in [0.4, 0.5) is 22.7 Å². The zero-order chi connectivity index (χ0) is 26.4. The first kappa shape index (κ1) is 25.5. The van der Waals surface area contributed by atoms with Crippen LogP contribution in [-0.4, -0.2) is 35.3 Å². The van der Waals surface area contributed by atoms with Crippen LogP contribution in [0.3, 0.4) is 0 Å². The molecule has 1 aliphatic rings. The Labute approximate surface area is 216 Å². The first-order chi connectivity index (χ1) is 16.9. The van der Waals surface area contributed by atoms with E-state index < -0.39 is 31.4 Å². The van der Waals surface area contributed by atoms with Crippen LogP contribution in [-0.2, 0) is 14.9 Å². The Balaban J connectivity index is 1.84. The Morgan fingerprint density at radius 1 is 1.03 bits per heavy atom. The van der Waals surface area contributed by atoms with Gasteiger partial charge in [-0.2, -0.15) is 8.42 Å². The highest BCUT2D eigenvalue weighted by atomic mass is 79.9. The van der Waals surface area contributed by atoms with E-state index in [4.69, 9.17) is 5.73 Å². The van der Waals surface area contributed by atoms with Gasteiger partial charge in [0.15, 0.2) is 11.6 Å². The van der Waals surface area contributed by atoms with Crippen molar-refractivity contribution < 1.29 is 27.4 Å². The predicted octanol–water partition coefficient (Wildman–Crippen LogP) is 4.45. The molecule has 1 unspecified atom stereocenters. The molecule has 1 aliphatic carbocycles. The number of ketones is 2. The number of nitrogens with one attached hydrogen (secondary N) is 2. The van der Waals surface area contributed by atoms with Crippen LogP contribution in [0.15, 0.2) is 53.4 Å². The quantitative estimate of drug-likeness (QED) is 0.150. The third-order valence-electron chi connectivity index (χ3n) is 5.88. The predicted molar refractivity (Wildman–Crippen MR) is 140 cm³/mol. The molecule has 1 amide bonds. The lowest BCUT2D eigenvalue weighted by Crippen LogP contribution is -2.24. The molecular formula is C25H22BrN3O6S. The first-order valence-electron chi connectivity index (χ1n) is 10.9. The zero-order valence-electron chi connectivity index (χ0n) is 19.3. The van der Waals surface area contributed by atoms with Gasteiger partial charge in [-0.1, -0.05) is 47.1 Å². The monoisotopic (exact) mass is 571 g/mol. The molecule has 186 valence electrons. The van der Waals surface area contributed by atoms with E-state index in [2.05, 4.69) is 26.6 Å². The van der Waals surface area contributed by atoms with Crippen LogP contribution in [0.2, 0.25) is 0 Å². The maximum Gasteiger partial charge on any atom is 0.296 e. The SMILES string of the molecule is CCC(Br)C(=O)Nc1ccc(Nc2cc(C)c(N)c3c2C(=O)c2ccccc2C3=O)c(S(=O)(=O)O)c1. The number of hydrogen-bond acceptors (Lipinski definition) is 7. The molecule has 0 heterocycles. The smallest absolute Gasteiger partial charge is 0.296 e. The molecular weight excluding hydrogens is 550 g/mol. The summed E-state index contributed by atoms with van der Waals surface area (Å²) in [7, 11) is -4.75. The summed E-state index contributed by atoms with van der Waals surface area (Å²) in [6, 6.07) is 11.8. The number of carbonyl (C=O) groups is 3. The van der Waals surface area contributed by atoms with Gasteiger partial charge in [0, 0.05) is 22.5 Å². The van der Waals surface area contributed by atoms with Gasteiger partial charge in [-0.3, -0.25) is 18.9 Å². The van der Waals surface area contributed by atoms with Crippen LogP contribution in [0.25, 0.3) is 0 Å². The van der Waals surface area contributed by atoms with Crippen molar-refractivity contribution >= 4 is 66.3 Å². The van der Waals surface area contributed by atoms with Crippen LogP contribution >= 0.6 is 15.9 Å². The number of nitrogen functional groups attached to an aromatic ring is 1. The standard InChI is InChI=1S/C25H22BrN3O6S/c1-3-16(26)25(32)28-13-8-9-17(19(11-13)36(33,34)35)29-18-10-12(2)22(27)21-20(18)23(30)14-6-4-5-7-15(14)24(21)31/h4-11,16,29H,3,27H2,1-2H3,(H,28,32)(H,33,34,35). The molecule has 0 saturated heterocycles. The highest BCUT2D eigenvalue weighted by Crippen LogP contribution is 2.39. The molecule has 4 rings (SSSR count). The fourth-order valence-corrected chi connectivity index (χ4v) is 4.81. The number of nitrogens with two attached hydrogens (primary N) is 1. The van der Waals surface area contributed by atoms with E-state index in [1.165, 1.54) is 24.3 Å². The van der Waals surface area contributed by atoms with Crippen LogP contribution in [0.5, 0.6) is 0 Å². The topological polar surface area (TPSA) is 156 Å². The highest BCUT2D eigenvalue weighted by Gasteiger charge is 2.34. The number of anilines is 4. The van der Waals surface area contributed by atoms with Gasteiger partial charge in [-0.15, -0.1) is 0 Å². The van der Waals surface area contributed by atoms with Gasteiger partial charge in [0.05, 0.1) is 27.3 Å². The average Bonchev–Trinajstić information content (AvgIpc) is 2.84. The van der Waals surface area contributed by atoms with Crippen molar-refractivity contribution in [1.82, 2.24) is 0 Å². The number of halogens is 1. The third kappa shape index (κ3) is 4.52. The summed E-state index contributed by atoms with van der Waals surface area (Å²) >= 11 is 3.22. The molecule has 9 nitrogen and oxygen atoms in total. The number of aryl methyl sites for hydroxylation is 1. The second-order valence-electron chi connectivity index (χ2n) is 8.28. The van der Waals surface area contributed by atoms with Gasteiger partial charge in [0.2, 0.25) is 5.91 Å². The first-order valence-corrected chi connectivity index (χ1v) is 13.2. The van der Waals surface area contributed by atoms with Crippen molar-refractivity contribution in [3.05, 3.63) is 76.3 Å². The van der Waals surface area contributed by atoms with E-state index in [-0.39, 0.29) is 50.9 Å². The minimum Gasteiger partial charge on any atom is -0.398 e. The maximum atomic E-state index is 13.4. The van der Waals surface area contributed by atoms with E-state index in [1.54, 1.807) is 32.0 Å². The average molecular weight is 572 g/mol. The normalized spacial score (nSPS) is 13.6. The van der Waals surface area contributed by atoms with Gasteiger partial charge in [0.25, 0.3) is 10.1 Å². The lowest BCUT2D eigenvalue weighted by molar-refractivity contribution is -0.115. The lowest BCUT2D eigenvalue weighted by Gasteiger charge is -2.24. The Morgan fingerprint density at radius 3 is 2.22 bits per heavy atom. The van der Waals surface area contributed by atoms with Crippen molar-refractivity contribution in [2.75, 3.05) is 16.4 Å². The molecule has 36 heavy (non-hydrogen) atoms. The van der Waals surface area contributed by atoms with Crippen molar-refractivity contribution in [3.63, 3.8) is 0 Å². The molecule has 1 atom stereocenters. The van der Waals surface area contributed by atoms with Gasteiger partial charge in [0.1, 0.15) is 4.90 Å². The van der Waals surface area contributed by atoms with Crippen molar-refractivity contribution in [2.45, 2.75) is 30.0 Å². The number of fused-ring (bicyclic) bond motifs is 2. The van der Waals surface area contributed by atoms with E-state index >= 15 is 0 Å². The molecule has 0 aromatic heterocycles. The fourth-order valence-electron chi connectivity index (χ4n) is 4.02. The Morgan fingerprint density at radius 2 is 1.64 bits per heavy atom. The number of carbonyl (C=O) groups excluding carboxylic acids is 3. The molecule has 0 radical (unpaired) electrons. The maximum absolute atomic E-state index is 13.4. The van der Waals surface area contributed by atoms with Gasteiger partial charge in [-0.25, -0.2) is 0 Å². The Hall–Kier alpha value is -3.54. The summed E-state index contributed by atoms with van der Waals surface area (Å²) in [5.41, 5.74) is 7.54. The van der Waals surface area contributed by atoms with Crippen LogP contribution in [0.1, 0.15) is 50.8 Å². The molecule has 0 fully saturated rings. The van der Waals surface area contributed by atoms with Gasteiger partial charge < -0.3 is 16.4 Å². The number of rotatable bonds is 6. The summed E-state index contributed by atoms with van der Waals surface area (Å²) in [6.45, 7) is 3.46. The van der Waals surface area contributed by atoms with Crippen molar-refractivity contribution in [2.24, 2.45) is 0 Å². The largest absolute Gasteiger partial charge is 0.398 e. The van der Waals surface area contributed by atoms with Gasteiger partial charge in [-0.05, 0) is 43.2 Å². The Kier molecular flexibility index (Phi) is 6.74. The lowest BCUT2D eigenvalue weighted by atomic mass is 9.81. The number of amides is 1. The minimum absolute atomic E-state index is 0.00513. The van der Waals surface area contributed by atoms with E-state index in [0.29, 0.717) is 12.0 Å². The van der Waals surface area contributed by atoms with E-state index in [0.717, 1.165) is 6.07 Å². The zero-order valence-corrected chi connectivity index (χ0v) is 21.7. The molecule has 3 aromatic carbocycles. The van der Waals surface area contributed by atoms with Crippen LogP contribution < -0.4 is 16.4 Å². The second-order valence-corrected chi connectivity index (χ2v) is 10.8. The number of hydrogen-bond donors (Lipinski definition) is 4. The minimum atomic E-state index is -4.75. The summed E-state index contributed by atoms with van der Waals surface area (Å²) in [5.74, 6) is -1.25. The van der Waals surface area contributed by atoms with Crippen molar-refractivity contribution in [1.29, 1.82) is 0 Å². The molecule has 0 saturated carbocycles. The third-order valence-corrected chi connectivity index (χ3v) is 7.84. The second kappa shape index (κ2) is 9.49. The number of benzene rings is 3. The molecule has 0 spiro atoms.